The van der Waals surface area contributed by atoms with E-state index in [2.05, 4.69) is 16.8 Å². The van der Waals surface area contributed by atoms with Crippen LogP contribution in [0, 0.1) is 0 Å². The van der Waals surface area contributed by atoms with Gasteiger partial charge in [-0.3, -0.25) is 4.79 Å². The van der Waals surface area contributed by atoms with Crippen LogP contribution in [0.4, 0.5) is 5.13 Å². The van der Waals surface area contributed by atoms with Crippen molar-refractivity contribution in [2.75, 3.05) is 44.3 Å². The Kier molecular flexibility index (Phi) is 6.33. The lowest BCUT2D eigenvalue weighted by Crippen LogP contribution is -2.48. The zero-order valence-electron chi connectivity index (χ0n) is 15.3. The maximum atomic E-state index is 12.9. The molecule has 0 unspecified atom stereocenters. The summed E-state index contributed by atoms with van der Waals surface area (Å²) in [5, 5.41) is 3.00. The van der Waals surface area contributed by atoms with Crippen LogP contribution in [0.1, 0.15) is 30.6 Å². The Morgan fingerprint density at radius 2 is 1.96 bits per heavy atom. The first kappa shape index (κ1) is 18.5. The van der Waals surface area contributed by atoms with E-state index >= 15 is 0 Å². The highest BCUT2D eigenvalue weighted by molar-refractivity contribution is 7.13. The molecule has 0 bridgehead atoms. The van der Waals surface area contributed by atoms with Crippen LogP contribution in [0.3, 0.4) is 0 Å². The summed E-state index contributed by atoms with van der Waals surface area (Å²) in [6.07, 6.45) is 2.74. The van der Waals surface area contributed by atoms with E-state index in [1.54, 1.807) is 17.4 Å². The van der Waals surface area contributed by atoms with Crippen molar-refractivity contribution in [1.82, 2.24) is 9.88 Å². The Morgan fingerprint density at radius 3 is 2.62 bits per heavy atom. The number of carbonyl (C=O) groups is 1. The number of benzene rings is 1. The molecule has 0 saturated carbocycles. The topological polar surface area (TPSA) is 54.9 Å². The third-order valence-electron chi connectivity index (χ3n) is 4.21. The first-order chi connectivity index (χ1) is 12.7. The SMILES string of the molecule is CCCOc1ccc(C(=O)N2CCN(c3nccs3)CC2)cc1OCC. The molecule has 0 aliphatic carbocycles. The van der Waals surface area contributed by atoms with Crippen molar-refractivity contribution in [2.45, 2.75) is 20.3 Å². The molecule has 1 aromatic heterocycles. The average molecular weight is 375 g/mol. The van der Waals surface area contributed by atoms with Crippen molar-refractivity contribution in [3.63, 3.8) is 0 Å². The van der Waals surface area contributed by atoms with E-state index in [-0.39, 0.29) is 5.91 Å². The maximum absolute atomic E-state index is 12.9. The van der Waals surface area contributed by atoms with Gasteiger partial charge < -0.3 is 19.3 Å². The summed E-state index contributed by atoms with van der Waals surface area (Å²) in [5.74, 6) is 1.36. The Morgan fingerprint density at radius 1 is 1.15 bits per heavy atom. The molecule has 2 heterocycles. The van der Waals surface area contributed by atoms with Gasteiger partial charge in [0.2, 0.25) is 0 Å². The molecule has 1 aromatic carbocycles. The summed E-state index contributed by atoms with van der Waals surface area (Å²) in [7, 11) is 0. The smallest absolute Gasteiger partial charge is 0.254 e. The van der Waals surface area contributed by atoms with Crippen molar-refractivity contribution in [3.8, 4) is 11.5 Å². The second-order valence-electron chi connectivity index (χ2n) is 6.04. The molecule has 6 nitrogen and oxygen atoms in total. The van der Waals surface area contributed by atoms with Crippen LogP contribution in [0.5, 0.6) is 11.5 Å². The lowest BCUT2D eigenvalue weighted by atomic mass is 10.1. The summed E-state index contributed by atoms with van der Waals surface area (Å²) in [6.45, 7) is 8.13. The van der Waals surface area contributed by atoms with Crippen molar-refractivity contribution < 1.29 is 14.3 Å². The normalized spacial score (nSPS) is 14.4. The van der Waals surface area contributed by atoms with Crippen molar-refractivity contribution >= 4 is 22.4 Å². The van der Waals surface area contributed by atoms with Crippen LogP contribution in [0.25, 0.3) is 0 Å². The molecular weight excluding hydrogens is 350 g/mol. The predicted octanol–water partition coefficient (Wildman–Crippen LogP) is 3.29. The molecule has 3 rings (SSSR count). The molecule has 0 N–H and O–H groups in total. The number of rotatable bonds is 7. The molecule has 1 aliphatic heterocycles. The van der Waals surface area contributed by atoms with Gasteiger partial charge in [-0.1, -0.05) is 6.92 Å². The van der Waals surface area contributed by atoms with Crippen LogP contribution < -0.4 is 14.4 Å². The van der Waals surface area contributed by atoms with Gasteiger partial charge in [-0.25, -0.2) is 4.98 Å². The first-order valence-electron chi connectivity index (χ1n) is 9.06. The number of amides is 1. The molecule has 1 fully saturated rings. The van der Waals surface area contributed by atoms with Crippen LogP contribution in [-0.4, -0.2) is 55.2 Å². The molecule has 140 valence electrons. The van der Waals surface area contributed by atoms with Gasteiger partial charge in [0.05, 0.1) is 13.2 Å². The molecule has 1 amide bonds. The predicted molar refractivity (Wildman–Crippen MR) is 104 cm³/mol. The summed E-state index contributed by atoms with van der Waals surface area (Å²) in [5.41, 5.74) is 0.639. The van der Waals surface area contributed by atoms with Crippen LogP contribution in [0.2, 0.25) is 0 Å². The lowest BCUT2D eigenvalue weighted by molar-refractivity contribution is 0.0746. The van der Waals surface area contributed by atoms with Crippen molar-refractivity contribution in [2.24, 2.45) is 0 Å². The van der Waals surface area contributed by atoms with E-state index in [0.29, 0.717) is 43.4 Å². The third-order valence-corrected chi connectivity index (χ3v) is 5.04. The molecule has 1 saturated heterocycles. The summed E-state index contributed by atoms with van der Waals surface area (Å²) < 4.78 is 11.4. The number of nitrogens with zero attached hydrogens (tertiary/aromatic N) is 3. The molecule has 0 atom stereocenters. The highest BCUT2D eigenvalue weighted by Crippen LogP contribution is 2.29. The molecule has 1 aliphatic rings. The summed E-state index contributed by atoms with van der Waals surface area (Å²) in [4.78, 5) is 21.3. The Bertz CT molecular complexity index is 713. The minimum atomic E-state index is 0.0341. The van der Waals surface area contributed by atoms with Crippen LogP contribution in [-0.2, 0) is 0 Å². The van der Waals surface area contributed by atoms with E-state index in [1.807, 2.05) is 35.5 Å². The molecule has 0 spiro atoms. The monoisotopic (exact) mass is 375 g/mol. The zero-order chi connectivity index (χ0) is 18.4. The van der Waals surface area contributed by atoms with Gasteiger partial charge in [-0.15, -0.1) is 11.3 Å². The van der Waals surface area contributed by atoms with Gasteiger partial charge >= 0.3 is 0 Å². The molecular formula is C19H25N3O3S. The summed E-state index contributed by atoms with van der Waals surface area (Å²) in [6, 6.07) is 5.45. The number of ether oxygens (including phenoxy) is 2. The largest absolute Gasteiger partial charge is 0.490 e. The fourth-order valence-electron chi connectivity index (χ4n) is 2.90. The van der Waals surface area contributed by atoms with E-state index < -0.39 is 0 Å². The number of piperazine rings is 1. The van der Waals surface area contributed by atoms with Gasteiger partial charge in [-0.2, -0.15) is 0 Å². The minimum absolute atomic E-state index is 0.0341. The zero-order valence-corrected chi connectivity index (χ0v) is 16.1. The van der Waals surface area contributed by atoms with Crippen LogP contribution in [0.15, 0.2) is 29.8 Å². The quantitative estimate of drug-likeness (QED) is 0.743. The lowest BCUT2D eigenvalue weighted by Gasteiger charge is -2.34. The van der Waals surface area contributed by atoms with E-state index in [9.17, 15) is 4.79 Å². The standard InChI is InChI=1S/C19H25N3O3S/c1-3-12-25-16-6-5-15(14-17(16)24-4-2)18(23)21-8-10-22(11-9-21)19-20-7-13-26-19/h5-7,13-14H,3-4,8-12H2,1-2H3. The number of aromatic nitrogens is 1. The van der Waals surface area contributed by atoms with E-state index in [0.717, 1.165) is 24.6 Å². The third kappa shape index (κ3) is 4.27. The van der Waals surface area contributed by atoms with E-state index in [1.165, 1.54) is 0 Å². The van der Waals surface area contributed by atoms with Gasteiger partial charge in [-0.05, 0) is 31.5 Å². The van der Waals surface area contributed by atoms with Gasteiger partial charge in [0.15, 0.2) is 16.6 Å². The highest BCUT2D eigenvalue weighted by Gasteiger charge is 2.24. The Balaban J connectivity index is 1.66. The van der Waals surface area contributed by atoms with Crippen molar-refractivity contribution in [3.05, 3.63) is 35.3 Å². The molecule has 26 heavy (non-hydrogen) atoms. The summed E-state index contributed by atoms with van der Waals surface area (Å²) >= 11 is 1.63. The Labute approximate surface area is 158 Å². The highest BCUT2D eigenvalue weighted by atomic mass is 32.1. The number of hydrogen-bond acceptors (Lipinski definition) is 6. The molecule has 2 aromatic rings. The Hall–Kier alpha value is -2.28. The van der Waals surface area contributed by atoms with Crippen molar-refractivity contribution in [1.29, 1.82) is 0 Å². The van der Waals surface area contributed by atoms with Gasteiger partial charge in [0.25, 0.3) is 5.91 Å². The molecule has 7 heteroatoms. The van der Waals surface area contributed by atoms with Gasteiger partial charge in [0, 0.05) is 43.3 Å². The maximum Gasteiger partial charge on any atom is 0.254 e. The number of thiazole rings is 1. The first-order valence-corrected chi connectivity index (χ1v) is 9.94. The second kappa shape index (κ2) is 8.89. The fourth-order valence-corrected chi connectivity index (χ4v) is 3.59. The van der Waals surface area contributed by atoms with Crippen LogP contribution >= 0.6 is 11.3 Å². The molecule has 0 radical (unpaired) electrons. The minimum Gasteiger partial charge on any atom is -0.490 e. The number of hydrogen-bond donors (Lipinski definition) is 0. The average Bonchev–Trinajstić information content (AvgIpc) is 3.21. The van der Waals surface area contributed by atoms with E-state index in [4.69, 9.17) is 9.47 Å². The van der Waals surface area contributed by atoms with Gasteiger partial charge in [0.1, 0.15) is 0 Å². The number of carbonyl (C=O) groups excluding carboxylic acids is 1. The fraction of sp³-hybridized carbons (Fsp3) is 0.474. The number of anilines is 1. The second-order valence-corrected chi connectivity index (χ2v) is 6.91.